The van der Waals surface area contributed by atoms with Crippen LogP contribution in [0.25, 0.3) is 0 Å². The van der Waals surface area contributed by atoms with Gasteiger partial charge in [-0.05, 0) is 43.9 Å². The predicted octanol–water partition coefficient (Wildman–Crippen LogP) is 2.45. The van der Waals surface area contributed by atoms with Gasteiger partial charge in [0.05, 0.1) is 5.60 Å². The van der Waals surface area contributed by atoms with E-state index < -0.39 is 5.60 Å². The number of aliphatic hydroxyl groups is 1. The summed E-state index contributed by atoms with van der Waals surface area (Å²) in [6.45, 7) is 5.29. The maximum Gasteiger partial charge on any atom is 0.0716 e. The summed E-state index contributed by atoms with van der Waals surface area (Å²) in [5.74, 6) is 0. The van der Waals surface area contributed by atoms with E-state index in [0.29, 0.717) is 12.0 Å². The van der Waals surface area contributed by atoms with Crippen LogP contribution in [0.2, 0.25) is 0 Å². The third-order valence-corrected chi connectivity index (χ3v) is 5.12. The molecule has 2 fully saturated rings. The molecule has 3 N–H and O–H groups in total. The topological polar surface area (TPSA) is 46.2 Å². The quantitative estimate of drug-likeness (QED) is 0.737. The molecule has 2 rings (SSSR count). The van der Waals surface area contributed by atoms with Crippen molar-refractivity contribution in [2.24, 2.45) is 16.6 Å². The van der Waals surface area contributed by atoms with Gasteiger partial charge in [-0.15, -0.1) is 0 Å². The van der Waals surface area contributed by atoms with Crippen molar-refractivity contribution in [3.63, 3.8) is 0 Å². The first-order valence-electron chi connectivity index (χ1n) is 6.36. The highest BCUT2D eigenvalue weighted by Gasteiger charge is 2.54. The Hall–Kier alpha value is -0.0800. The van der Waals surface area contributed by atoms with Gasteiger partial charge in [0.25, 0.3) is 0 Å². The molecule has 15 heavy (non-hydrogen) atoms. The van der Waals surface area contributed by atoms with Crippen LogP contribution in [0, 0.1) is 10.8 Å². The fourth-order valence-corrected chi connectivity index (χ4v) is 3.33. The number of hydrogen-bond acceptors (Lipinski definition) is 2. The third-order valence-electron chi connectivity index (χ3n) is 5.12. The van der Waals surface area contributed by atoms with Crippen molar-refractivity contribution < 1.29 is 5.11 Å². The Kier molecular flexibility index (Phi) is 2.63. The molecule has 0 saturated heterocycles. The summed E-state index contributed by atoms with van der Waals surface area (Å²) in [4.78, 5) is 0. The van der Waals surface area contributed by atoms with E-state index in [0.717, 1.165) is 38.5 Å². The number of rotatable bonds is 2. The Morgan fingerprint density at radius 1 is 1.00 bits per heavy atom. The summed E-state index contributed by atoms with van der Waals surface area (Å²) < 4.78 is 0. The van der Waals surface area contributed by atoms with Crippen molar-refractivity contribution in [3.05, 3.63) is 0 Å². The zero-order valence-corrected chi connectivity index (χ0v) is 10.2. The highest BCUT2D eigenvalue weighted by atomic mass is 16.3. The van der Waals surface area contributed by atoms with Crippen molar-refractivity contribution in [1.82, 2.24) is 0 Å². The third kappa shape index (κ3) is 1.72. The van der Waals surface area contributed by atoms with E-state index in [1.165, 1.54) is 6.42 Å². The van der Waals surface area contributed by atoms with Gasteiger partial charge in [-0.1, -0.05) is 20.3 Å². The monoisotopic (exact) mass is 211 g/mol. The Balaban J connectivity index is 2.08. The van der Waals surface area contributed by atoms with Crippen LogP contribution in [0.4, 0.5) is 0 Å². The molecule has 2 nitrogen and oxygen atoms in total. The number of nitrogens with two attached hydrogens (primary N) is 1. The molecule has 88 valence electrons. The van der Waals surface area contributed by atoms with Gasteiger partial charge in [0.1, 0.15) is 0 Å². The van der Waals surface area contributed by atoms with Crippen LogP contribution in [-0.4, -0.2) is 17.3 Å². The molecular formula is C13H25NO. The van der Waals surface area contributed by atoms with Gasteiger partial charge >= 0.3 is 0 Å². The molecule has 0 atom stereocenters. The second-order valence-corrected chi connectivity index (χ2v) is 6.53. The average molecular weight is 211 g/mol. The molecule has 0 unspecified atom stereocenters. The summed E-state index contributed by atoms with van der Waals surface area (Å²) in [6, 6.07) is 0. The largest absolute Gasteiger partial charge is 0.389 e. The number of hydrogen-bond donors (Lipinski definition) is 2. The van der Waals surface area contributed by atoms with E-state index in [-0.39, 0.29) is 5.41 Å². The lowest BCUT2D eigenvalue weighted by molar-refractivity contribution is -0.155. The van der Waals surface area contributed by atoms with Crippen LogP contribution >= 0.6 is 0 Å². The molecule has 2 heteroatoms. The van der Waals surface area contributed by atoms with Crippen molar-refractivity contribution in [3.8, 4) is 0 Å². The zero-order chi connectivity index (χ0) is 11.2. The van der Waals surface area contributed by atoms with E-state index in [4.69, 9.17) is 5.73 Å². The first-order valence-corrected chi connectivity index (χ1v) is 6.36. The molecule has 2 saturated carbocycles. The molecule has 0 aliphatic heterocycles. The van der Waals surface area contributed by atoms with Crippen molar-refractivity contribution in [2.45, 2.75) is 64.4 Å². The summed E-state index contributed by atoms with van der Waals surface area (Å²) in [5, 5.41) is 10.8. The van der Waals surface area contributed by atoms with Crippen LogP contribution in [0.5, 0.6) is 0 Å². The van der Waals surface area contributed by atoms with Gasteiger partial charge in [-0.2, -0.15) is 0 Å². The fraction of sp³-hybridized carbons (Fsp3) is 1.00. The van der Waals surface area contributed by atoms with Crippen molar-refractivity contribution in [1.29, 1.82) is 0 Å². The summed E-state index contributed by atoms with van der Waals surface area (Å²) >= 11 is 0. The minimum absolute atomic E-state index is 0.0729. The predicted molar refractivity (Wildman–Crippen MR) is 62.5 cm³/mol. The molecule has 2 aliphatic carbocycles. The van der Waals surface area contributed by atoms with Gasteiger partial charge in [0, 0.05) is 12.0 Å². The second kappa shape index (κ2) is 3.46. The van der Waals surface area contributed by atoms with E-state index in [1.807, 2.05) is 0 Å². The van der Waals surface area contributed by atoms with Gasteiger partial charge in [-0.25, -0.2) is 0 Å². The standard InChI is InChI=1S/C13H25NO/c1-11(2)6-8-13(15,9-7-11)12(10-14)4-3-5-12/h15H,3-10,14H2,1-2H3. The maximum absolute atomic E-state index is 10.8. The van der Waals surface area contributed by atoms with Crippen LogP contribution in [0.3, 0.4) is 0 Å². The van der Waals surface area contributed by atoms with Crippen LogP contribution < -0.4 is 5.73 Å². The Morgan fingerprint density at radius 3 is 1.87 bits per heavy atom. The molecular weight excluding hydrogens is 186 g/mol. The van der Waals surface area contributed by atoms with E-state index >= 15 is 0 Å². The van der Waals surface area contributed by atoms with Crippen LogP contribution in [0.1, 0.15) is 58.8 Å². The summed E-state index contributed by atoms with van der Waals surface area (Å²) in [6.07, 6.45) is 7.73. The lowest BCUT2D eigenvalue weighted by Crippen LogP contribution is -2.58. The van der Waals surface area contributed by atoms with Crippen molar-refractivity contribution in [2.75, 3.05) is 6.54 Å². The molecule has 0 aromatic rings. The van der Waals surface area contributed by atoms with Crippen LogP contribution in [-0.2, 0) is 0 Å². The smallest absolute Gasteiger partial charge is 0.0716 e. The van der Waals surface area contributed by atoms with Crippen molar-refractivity contribution >= 4 is 0 Å². The molecule has 0 spiro atoms. The van der Waals surface area contributed by atoms with Gasteiger partial charge < -0.3 is 10.8 Å². The maximum atomic E-state index is 10.8. The van der Waals surface area contributed by atoms with E-state index in [2.05, 4.69) is 13.8 Å². The zero-order valence-electron chi connectivity index (χ0n) is 10.2. The normalized spacial score (nSPS) is 32.0. The first kappa shape index (κ1) is 11.4. The Labute approximate surface area is 93.2 Å². The molecule has 0 amide bonds. The lowest BCUT2D eigenvalue weighted by atomic mass is 9.53. The first-order chi connectivity index (χ1) is 6.93. The minimum Gasteiger partial charge on any atom is -0.389 e. The molecule has 0 radical (unpaired) electrons. The Bertz CT molecular complexity index is 227. The van der Waals surface area contributed by atoms with Gasteiger partial charge in [-0.3, -0.25) is 0 Å². The Morgan fingerprint density at radius 2 is 1.53 bits per heavy atom. The highest BCUT2D eigenvalue weighted by molar-refractivity contribution is 5.06. The van der Waals surface area contributed by atoms with E-state index in [9.17, 15) is 5.11 Å². The average Bonchev–Trinajstić information content (AvgIpc) is 2.10. The highest BCUT2D eigenvalue weighted by Crippen LogP contribution is 2.56. The van der Waals surface area contributed by atoms with Gasteiger partial charge in [0.15, 0.2) is 0 Å². The second-order valence-electron chi connectivity index (χ2n) is 6.53. The molecule has 0 heterocycles. The molecule has 0 aromatic carbocycles. The molecule has 0 aromatic heterocycles. The minimum atomic E-state index is -0.449. The molecule has 0 bridgehead atoms. The SMILES string of the molecule is CC1(C)CCC(O)(C2(CN)CCC2)CC1. The van der Waals surface area contributed by atoms with E-state index in [1.54, 1.807) is 0 Å². The summed E-state index contributed by atoms with van der Waals surface area (Å²) in [5.41, 5.74) is 5.94. The van der Waals surface area contributed by atoms with Gasteiger partial charge in [0.2, 0.25) is 0 Å². The summed E-state index contributed by atoms with van der Waals surface area (Å²) in [7, 11) is 0. The van der Waals surface area contributed by atoms with Crippen LogP contribution in [0.15, 0.2) is 0 Å². The lowest BCUT2D eigenvalue weighted by Gasteiger charge is -2.56. The molecule has 2 aliphatic rings. The fourth-order valence-electron chi connectivity index (χ4n) is 3.33.